The topological polar surface area (TPSA) is 85.4 Å². The number of H-pyrrole nitrogens is 1. The highest BCUT2D eigenvalue weighted by Gasteiger charge is 2.49. The summed E-state index contributed by atoms with van der Waals surface area (Å²) < 4.78 is 0. The quantitative estimate of drug-likeness (QED) is 0.760. The lowest BCUT2D eigenvalue weighted by Gasteiger charge is -2.46. The number of carbonyl (C=O) groups excluding carboxylic acids is 1. The molecule has 0 bridgehead atoms. The van der Waals surface area contributed by atoms with Crippen LogP contribution in [-0.2, 0) is 11.3 Å². The summed E-state index contributed by atoms with van der Waals surface area (Å²) in [6.45, 7) is 2.49. The molecule has 2 aliphatic heterocycles. The fraction of sp³-hybridized carbons (Fsp3) is 0.474. The van der Waals surface area contributed by atoms with Gasteiger partial charge >= 0.3 is 0 Å². The standard InChI is InChI=1S/C19H23N3O3/c23-16-10-13(21-15-5-2-1-4-14(15)16)11-22-9-6-17(24)19(12-22)7-3-8-20-18(19)25/h1-2,4-5,10,17,24H,3,6-9,11-12H2,(H,20,25)(H,21,23)/t17-,19-/m1/s1. The van der Waals surface area contributed by atoms with Crippen LogP contribution < -0.4 is 10.7 Å². The molecule has 2 aromatic rings. The zero-order chi connectivity index (χ0) is 17.4. The second-order valence-corrected chi connectivity index (χ2v) is 7.24. The first kappa shape index (κ1) is 16.3. The number of hydrogen-bond donors (Lipinski definition) is 3. The van der Waals surface area contributed by atoms with Gasteiger partial charge in [-0.05, 0) is 31.4 Å². The highest BCUT2D eigenvalue weighted by atomic mass is 16.3. The van der Waals surface area contributed by atoms with Crippen molar-refractivity contribution in [2.24, 2.45) is 5.41 Å². The number of benzene rings is 1. The van der Waals surface area contributed by atoms with Crippen molar-refractivity contribution >= 4 is 16.8 Å². The molecule has 2 saturated heterocycles. The van der Waals surface area contributed by atoms with E-state index in [2.05, 4.69) is 15.2 Å². The van der Waals surface area contributed by atoms with Crippen molar-refractivity contribution in [2.75, 3.05) is 19.6 Å². The highest BCUT2D eigenvalue weighted by Crippen LogP contribution is 2.37. The van der Waals surface area contributed by atoms with Crippen LogP contribution in [0.5, 0.6) is 0 Å². The number of aromatic nitrogens is 1. The molecule has 0 saturated carbocycles. The van der Waals surface area contributed by atoms with Gasteiger partial charge in [-0.2, -0.15) is 0 Å². The molecule has 3 heterocycles. The maximum atomic E-state index is 12.5. The van der Waals surface area contributed by atoms with Gasteiger partial charge < -0.3 is 15.4 Å². The number of aromatic amines is 1. The third-order valence-electron chi connectivity index (χ3n) is 5.59. The van der Waals surface area contributed by atoms with Gasteiger partial charge in [-0.1, -0.05) is 12.1 Å². The normalized spacial score (nSPS) is 27.6. The maximum absolute atomic E-state index is 12.5. The monoisotopic (exact) mass is 341 g/mol. The molecule has 1 amide bonds. The fourth-order valence-corrected chi connectivity index (χ4v) is 4.24. The van der Waals surface area contributed by atoms with Gasteiger partial charge in [0.05, 0.1) is 11.5 Å². The Morgan fingerprint density at radius 1 is 1.28 bits per heavy atom. The van der Waals surface area contributed by atoms with Gasteiger partial charge in [0.15, 0.2) is 5.43 Å². The minimum Gasteiger partial charge on any atom is -0.392 e. The van der Waals surface area contributed by atoms with Crippen molar-refractivity contribution in [3.05, 3.63) is 46.2 Å². The molecule has 0 aliphatic carbocycles. The molecule has 4 rings (SSSR count). The van der Waals surface area contributed by atoms with Crippen LogP contribution in [0.25, 0.3) is 10.9 Å². The molecule has 1 aromatic heterocycles. The van der Waals surface area contributed by atoms with Crippen molar-refractivity contribution in [1.82, 2.24) is 15.2 Å². The van der Waals surface area contributed by atoms with E-state index in [0.717, 1.165) is 17.6 Å². The summed E-state index contributed by atoms with van der Waals surface area (Å²) in [7, 11) is 0. The Balaban J connectivity index is 1.59. The van der Waals surface area contributed by atoms with Crippen molar-refractivity contribution in [1.29, 1.82) is 0 Å². The molecular formula is C19H23N3O3. The van der Waals surface area contributed by atoms with Crippen molar-refractivity contribution < 1.29 is 9.90 Å². The minimum absolute atomic E-state index is 0.00603. The molecule has 1 spiro atoms. The van der Waals surface area contributed by atoms with E-state index in [4.69, 9.17) is 0 Å². The van der Waals surface area contributed by atoms with Crippen molar-refractivity contribution in [2.45, 2.75) is 31.9 Å². The zero-order valence-corrected chi connectivity index (χ0v) is 14.1. The van der Waals surface area contributed by atoms with E-state index < -0.39 is 11.5 Å². The summed E-state index contributed by atoms with van der Waals surface area (Å²) in [4.78, 5) is 30.2. The Morgan fingerprint density at radius 3 is 2.96 bits per heavy atom. The lowest BCUT2D eigenvalue weighted by atomic mass is 9.71. The number of para-hydroxylation sites is 1. The van der Waals surface area contributed by atoms with Crippen LogP contribution in [0, 0.1) is 5.41 Å². The minimum atomic E-state index is -0.715. The number of aliphatic hydroxyl groups excluding tert-OH is 1. The summed E-state index contributed by atoms with van der Waals surface area (Å²) in [5.41, 5.74) is 0.957. The van der Waals surface area contributed by atoms with Gasteiger partial charge in [-0.25, -0.2) is 0 Å². The lowest BCUT2D eigenvalue weighted by Crippen LogP contribution is -2.61. The molecule has 0 radical (unpaired) electrons. The number of fused-ring (bicyclic) bond motifs is 1. The fourth-order valence-electron chi connectivity index (χ4n) is 4.24. The second kappa shape index (κ2) is 6.28. The number of nitrogens with zero attached hydrogens (tertiary/aromatic N) is 1. The van der Waals surface area contributed by atoms with E-state index in [1.165, 1.54) is 0 Å². The third-order valence-corrected chi connectivity index (χ3v) is 5.59. The summed E-state index contributed by atoms with van der Waals surface area (Å²) in [5, 5.41) is 14.1. The average molecular weight is 341 g/mol. The number of nitrogens with one attached hydrogen (secondary N) is 2. The van der Waals surface area contributed by atoms with E-state index in [1.54, 1.807) is 6.07 Å². The van der Waals surface area contributed by atoms with E-state index in [-0.39, 0.29) is 11.3 Å². The van der Waals surface area contributed by atoms with Crippen molar-refractivity contribution in [3.8, 4) is 0 Å². The smallest absolute Gasteiger partial charge is 0.230 e. The van der Waals surface area contributed by atoms with E-state index in [9.17, 15) is 14.7 Å². The summed E-state index contributed by atoms with van der Waals surface area (Å²) >= 11 is 0. The number of pyridine rings is 1. The molecule has 1 aromatic carbocycles. The number of hydrogen-bond acceptors (Lipinski definition) is 4. The molecular weight excluding hydrogens is 318 g/mol. The molecule has 2 aliphatic rings. The lowest BCUT2D eigenvalue weighted by molar-refractivity contribution is -0.149. The number of likely N-dealkylation sites (tertiary alicyclic amines) is 1. The number of piperidine rings is 2. The SMILES string of the molecule is O=C1NCCC[C@]12CN(Cc1cc(=O)c3ccccc3[nH]1)CC[C@H]2O. The first-order valence-electron chi connectivity index (χ1n) is 8.88. The van der Waals surface area contributed by atoms with Gasteiger partial charge in [0, 0.05) is 48.8 Å². The number of amides is 1. The Kier molecular flexibility index (Phi) is 4.09. The molecule has 6 nitrogen and oxygen atoms in total. The first-order valence-corrected chi connectivity index (χ1v) is 8.88. The van der Waals surface area contributed by atoms with Crippen LogP contribution in [0.1, 0.15) is 25.0 Å². The number of aliphatic hydroxyl groups is 1. The van der Waals surface area contributed by atoms with Crippen LogP contribution in [-0.4, -0.2) is 46.6 Å². The van der Waals surface area contributed by atoms with Gasteiger partial charge in [0.25, 0.3) is 0 Å². The van der Waals surface area contributed by atoms with Crippen LogP contribution in [0.15, 0.2) is 35.1 Å². The Morgan fingerprint density at radius 2 is 2.12 bits per heavy atom. The van der Waals surface area contributed by atoms with Crippen LogP contribution in [0.3, 0.4) is 0 Å². The van der Waals surface area contributed by atoms with Crippen LogP contribution >= 0.6 is 0 Å². The summed E-state index contributed by atoms with van der Waals surface area (Å²) in [6.07, 6.45) is 1.58. The largest absolute Gasteiger partial charge is 0.392 e. The highest BCUT2D eigenvalue weighted by molar-refractivity contribution is 5.84. The molecule has 0 unspecified atom stereocenters. The molecule has 25 heavy (non-hydrogen) atoms. The molecule has 2 atom stereocenters. The van der Waals surface area contributed by atoms with Gasteiger partial charge in [0.1, 0.15) is 0 Å². The van der Waals surface area contributed by atoms with Gasteiger partial charge in [0.2, 0.25) is 5.91 Å². The van der Waals surface area contributed by atoms with E-state index in [1.807, 2.05) is 24.3 Å². The van der Waals surface area contributed by atoms with Crippen molar-refractivity contribution in [3.63, 3.8) is 0 Å². The van der Waals surface area contributed by atoms with Gasteiger partial charge in [-0.3, -0.25) is 14.5 Å². The van der Waals surface area contributed by atoms with Crippen LogP contribution in [0.2, 0.25) is 0 Å². The number of rotatable bonds is 2. The predicted molar refractivity (Wildman–Crippen MR) is 95.1 cm³/mol. The first-order chi connectivity index (χ1) is 12.1. The second-order valence-electron chi connectivity index (χ2n) is 7.24. The predicted octanol–water partition coefficient (Wildman–Crippen LogP) is 0.991. The summed E-state index contributed by atoms with van der Waals surface area (Å²) in [5.74, 6) is -0.0389. The zero-order valence-electron chi connectivity index (χ0n) is 14.1. The molecule has 3 N–H and O–H groups in total. The Hall–Kier alpha value is -2.18. The van der Waals surface area contributed by atoms with Gasteiger partial charge in [-0.15, -0.1) is 0 Å². The third kappa shape index (κ3) is 2.85. The molecule has 6 heteroatoms. The Labute approximate surface area is 145 Å². The average Bonchev–Trinajstić information content (AvgIpc) is 2.61. The molecule has 2 fully saturated rings. The maximum Gasteiger partial charge on any atom is 0.230 e. The summed E-state index contributed by atoms with van der Waals surface area (Å²) in [6, 6.07) is 9.11. The molecule has 132 valence electrons. The Bertz CT molecular complexity index is 862. The van der Waals surface area contributed by atoms with E-state index >= 15 is 0 Å². The van der Waals surface area contributed by atoms with E-state index in [0.29, 0.717) is 44.4 Å². The van der Waals surface area contributed by atoms with Crippen LogP contribution in [0.4, 0.5) is 0 Å². The number of carbonyl (C=O) groups is 1.